The van der Waals surface area contributed by atoms with Crippen molar-refractivity contribution < 1.29 is 14.6 Å². The molecule has 1 heterocycles. The second kappa shape index (κ2) is 5.81. The van der Waals surface area contributed by atoms with E-state index in [4.69, 9.17) is 9.84 Å². The molecule has 0 aliphatic heterocycles. The van der Waals surface area contributed by atoms with Gasteiger partial charge in [0.25, 0.3) is 0 Å². The molecule has 0 saturated heterocycles. The molecule has 0 saturated carbocycles. The molecule has 0 aliphatic rings. The fraction of sp³-hybridized carbons (Fsp3) is 0.154. The predicted octanol–water partition coefficient (Wildman–Crippen LogP) is 2.32. The average molecular weight is 259 g/mol. The molecule has 98 valence electrons. The number of hydrogen-bond acceptors (Lipinski definition) is 5. The molecular formula is C13H13N3O3. The maximum absolute atomic E-state index is 10.8. The fourth-order valence-corrected chi connectivity index (χ4v) is 1.47. The van der Waals surface area contributed by atoms with Crippen LogP contribution in [0.25, 0.3) is 0 Å². The predicted molar refractivity (Wildman–Crippen MR) is 69.9 cm³/mol. The summed E-state index contributed by atoms with van der Waals surface area (Å²) in [5.41, 5.74) is 0.703. The molecule has 6 nitrogen and oxygen atoms in total. The molecule has 6 heteroatoms. The van der Waals surface area contributed by atoms with Crippen LogP contribution >= 0.6 is 0 Å². The van der Waals surface area contributed by atoms with E-state index in [0.717, 1.165) is 11.4 Å². The fourth-order valence-electron chi connectivity index (χ4n) is 1.47. The Bertz CT molecular complexity index is 570. The molecule has 0 atom stereocenters. The van der Waals surface area contributed by atoms with Crippen LogP contribution in [0.2, 0.25) is 0 Å². The van der Waals surface area contributed by atoms with E-state index < -0.39 is 5.97 Å². The number of aromatic nitrogens is 2. The highest BCUT2D eigenvalue weighted by Crippen LogP contribution is 2.18. The van der Waals surface area contributed by atoms with Crippen LogP contribution in [-0.2, 0) is 0 Å². The molecule has 0 spiro atoms. The second-order valence-corrected chi connectivity index (χ2v) is 3.65. The lowest BCUT2D eigenvalue weighted by atomic mass is 10.3. The zero-order chi connectivity index (χ0) is 13.7. The van der Waals surface area contributed by atoms with Crippen molar-refractivity contribution in [2.24, 2.45) is 0 Å². The molecule has 0 fully saturated rings. The number of carbonyl (C=O) groups is 1. The largest absolute Gasteiger partial charge is 0.494 e. The van der Waals surface area contributed by atoms with E-state index in [9.17, 15) is 4.79 Å². The Balaban J connectivity index is 2.12. The van der Waals surface area contributed by atoms with Crippen molar-refractivity contribution >= 4 is 17.6 Å². The molecule has 2 rings (SSSR count). The number of anilines is 2. The van der Waals surface area contributed by atoms with Crippen molar-refractivity contribution in [2.45, 2.75) is 6.92 Å². The van der Waals surface area contributed by atoms with Gasteiger partial charge in [-0.3, -0.25) is 0 Å². The Kier molecular flexibility index (Phi) is 3.92. The van der Waals surface area contributed by atoms with Crippen LogP contribution in [0.15, 0.2) is 36.5 Å². The van der Waals surface area contributed by atoms with E-state index in [1.807, 2.05) is 31.2 Å². The Labute approximate surface area is 110 Å². The summed E-state index contributed by atoms with van der Waals surface area (Å²) in [7, 11) is 0. The lowest BCUT2D eigenvalue weighted by molar-refractivity contribution is 0.0690. The van der Waals surface area contributed by atoms with Gasteiger partial charge in [-0.25, -0.2) is 14.8 Å². The van der Waals surface area contributed by atoms with E-state index >= 15 is 0 Å². The van der Waals surface area contributed by atoms with Crippen LogP contribution < -0.4 is 10.1 Å². The summed E-state index contributed by atoms with van der Waals surface area (Å²) >= 11 is 0. The summed E-state index contributed by atoms with van der Waals surface area (Å²) in [5.74, 6) is -0.0746. The van der Waals surface area contributed by atoms with E-state index in [2.05, 4.69) is 15.3 Å². The Morgan fingerprint density at radius 3 is 2.68 bits per heavy atom. The van der Waals surface area contributed by atoms with Gasteiger partial charge in [-0.2, -0.15) is 0 Å². The topological polar surface area (TPSA) is 84.3 Å². The van der Waals surface area contributed by atoms with E-state index in [0.29, 0.717) is 6.61 Å². The third-order valence-electron chi connectivity index (χ3n) is 2.30. The highest BCUT2D eigenvalue weighted by atomic mass is 16.5. The van der Waals surface area contributed by atoms with Gasteiger partial charge in [0.2, 0.25) is 5.95 Å². The second-order valence-electron chi connectivity index (χ2n) is 3.65. The maximum atomic E-state index is 10.8. The third kappa shape index (κ3) is 3.41. The smallest absolute Gasteiger partial charge is 0.354 e. The zero-order valence-corrected chi connectivity index (χ0v) is 10.3. The van der Waals surface area contributed by atoms with Crippen LogP contribution in [0.1, 0.15) is 17.4 Å². The summed E-state index contributed by atoms with van der Waals surface area (Å²) in [6, 6.07) is 8.58. The number of ether oxygens (including phenoxy) is 1. The highest BCUT2D eigenvalue weighted by molar-refractivity contribution is 5.85. The first-order valence-electron chi connectivity index (χ1n) is 5.75. The SMILES string of the molecule is CCOc1ccc(Nc2nccc(C(=O)O)n2)cc1. The van der Waals surface area contributed by atoms with Gasteiger partial charge in [0.1, 0.15) is 5.75 Å². The van der Waals surface area contributed by atoms with Crippen molar-refractivity contribution in [2.75, 3.05) is 11.9 Å². The molecule has 0 radical (unpaired) electrons. The maximum Gasteiger partial charge on any atom is 0.354 e. The van der Waals surface area contributed by atoms with Crippen molar-refractivity contribution in [1.29, 1.82) is 0 Å². The lowest BCUT2D eigenvalue weighted by Crippen LogP contribution is -2.04. The number of carboxylic acid groups (broad SMARTS) is 1. The van der Waals surface area contributed by atoms with E-state index in [1.54, 1.807) is 0 Å². The first kappa shape index (κ1) is 12.8. The number of nitrogens with one attached hydrogen (secondary N) is 1. The summed E-state index contributed by atoms with van der Waals surface area (Å²) in [6.07, 6.45) is 1.40. The molecule has 0 aliphatic carbocycles. The van der Waals surface area contributed by atoms with Gasteiger partial charge in [-0.15, -0.1) is 0 Å². The number of rotatable bonds is 5. The number of hydrogen-bond donors (Lipinski definition) is 2. The van der Waals surface area contributed by atoms with Crippen molar-refractivity contribution in [1.82, 2.24) is 9.97 Å². The molecule has 1 aromatic heterocycles. The minimum Gasteiger partial charge on any atom is -0.494 e. The van der Waals surface area contributed by atoms with Crippen molar-refractivity contribution in [3.05, 3.63) is 42.2 Å². The van der Waals surface area contributed by atoms with Crippen LogP contribution in [-0.4, -0.2) is 27.7 Å². The highest BCUT2D eigenvalue weighted by Gasteiger charge is 2.06. The van der Waals surface area contributed by atoms with E-state index in [1.165, 1.54) is 12.3 Å². The summed E-state index contributed by atoms with van der Waals surface area (Å²) < 4.78 is 5.32. The zero-order valence-electron chi connectivity index (χ0n) is 10.3. The number of nitrogens with zero attached hydrogens (tertiary/aromatic N) is 2. The van der Waals surface area contributed by atoms with Crippen LogP contribution in [0.3, 0.4) is 0 Å². The van der Waals surface area contributed by atoms with Gasteiger partial charge >= 0.3 is 5.97 Å². The molecular weight excluding hydrogens is 246 g/mol. The Morgan fingerprint density at radius 2 is 2.05 bits per heavy atom. The number of carboxylic acids is 1. The molecule has 0 bridgehead atoms. The number of benzene rings is 1. The first-order chi connectivity index (χ1) is 9.19. The molecule has 1 aromatic carbocycles. The normalized spacial score (nSPS) is 9.95. The van der Waals surface area contributed by atoms with Gasteiger partial charge in [0.15, 0.2) is 5.69 Å². The molecule has 0 unspecified atom stereocenters. The Hall–Kier alpha value is -2.63. The molecule has 19 heavy (non-hydrogen) atoms. The van der Waals surface area contributed by atoms with Gasteiger partial charge < -0.3 is 15.2 Å². The minimum absolute atomic E-state index is 0.0524. The van der Waals surface area contributed by atoms with E-state index in [-0.39, 0.29) is 11.6 Å². The molecule has 2 N–H and O–H groups in total. The standard InChI is InChI=1S/C13H13N3O3/c1-2-19-10-5-3-9(4-6-10)15-13-14-8-7-11(16-13)12(17)18/h3-8H,2H2,1H3,(H,17,18)(H,14,15,16). The lowest BCUT2D eigenvalue weighted by Gasteiger charge is -2.06. The van der Waals surface area contributed by atoms with Crippen molar-refractivity contribution in [3.63, 3.8) is 0 Å². The quantitative estimate of drug-likeness (QED) is 0.857. The van der Waals surface area contributed by atoms with Gasteiger partial charge in [-0.1, -0.05) is 0 Å². The average Bonchev–Trinajstić information content (AvgIpc) is 2.42. The summed E-state index contributed by atoms with van der Waals surface area (Å²) in [5, 5.41) is 11.8. The molecule has 0 amide bonds. The van der Waals surface area contributed by atoms with Gasteiger partial charge in [0.05, 0.1) is 6.61 Å². The van der Waals surface area contributed by atoms with Crippen molar-refractivity contribution in [3.8, 4) is 5.75 Å². The monoisotopic (exact) mass is 259 g/mol. The third-order valence-corrected chi connectivity index (χ3v) is 2.30. The van der Waals surface area contributed by atoms with Gasteiger partial charge in [-0.05, 0) is 37.3 Å². The minimum atomic E-state index is -1.09. The van der Waals surface area contributed by atoms with Crippen LogP contribution in [0.4, 0.5) is 11.6 Å². The van der Waals surface area contributed by atoms with Gasteiger partial charge in [0, 0.05) is 11.9 Å². The molecule has 2 aromatic rings. The number of aromatic carboxylic acids is 1. The summed E-state index contributed by atoms with van der Waals surface area (Å²) in [4.78, 5) is 18.6. The van der Waals surface area contributed by atoms with Crippen LogP contribution in [0.5, 0.6) is 5.75 Å². The van der Waals surface area contributed by atoms with Crippen LogP contribution in [0, 0.1) is 0 Å². The first-order valence-corrected chi connectivity index (χ1v) is 5.75. The Morgan fingerprint density at radius 1 is 1.32 bits per heavy atom. The summed E-state index contributed by atoms with van der Waals surface area (Å²) in [6.45, 7) is 2.52.